The molecule has 1 aliphatic heterocycles. The van der Waals surface area contributed by atoms with Crippen molar-refractivity contribution >= 4 is 10.9 Å². The van der Waals surface area contributed by atoms with Gasteiger partial charge in [0.1, 0.15) is 11.5 Å². The summed E-state index contributed by atoms with van der Waals surface area (Å²) in [6.07, 6.45) is 6.01. The first-order chi connectivity index (χ1) is 15.7. The third-order valence-electron chi connectivity index (χ3n) is 6.21. The number of methoxy groups -OCH3 is 2. The van der Waals surface area contributed by atoms with Gasteiger partial charge in [0.25, 0.3) is 0 Å². The van der Waals surface area contributed by atoms with Crippen molar-refractivity contribution in [1.82, 2.24) is 19.4 Å². The summed E-state index contributed by atoms with van der Waals surface area (Å²) in [7, 11) is 3.34. The van der Waals surface area contributed by atoms with Crippen LogP contribution in [0.2, 0.25) is 0 Å². The van der Waals surface area contributed by atoms with Gasteiger partial charge in [-0.05, 0) is 23.6 Å². The molecule has 0 saturated heterocycles. The minimum absolute atomic E-state index is 0.751. The predicted octanol–water partition coefficient (Wildman–Crippen LogP) is 4.25. The number of ether oxygens (including phenoxy) is 2. The summed E-state index contributed by atoms with van der Waals surface area (Å²) < 4.78 is 13.3. The van der Waals surface area contributed by atoms with Gasteiger partial charge in [0.2, 0.25) is 0 Å². The van der Waals surface area contributed by atoms with Crippen LogP contribution < -0.4 is 9.47 Å². The van der Waals surface area contributed by atoms with Crippen LogP contribution in [0.25, 0.3) is 10.9 Å². The van der Waals surface area contributed by atoms with Crippen LogP contribution >= 0.6 is 0 Å². The van der Waals surface area contributed by atoms with Gasteiger partial charge < -0.3 is 14.0 Å². The molecule has 0 aliphatic carbocycles. The molecule has 2 aromatic heterocycles. The van der Waals surface area contributed by atoms with E-state index in [1.54, 1.807) is 14.2 Å². The van der Waals surface area contributed by atoms with E-state index in [-0.39, 0.29) is 0 Å². The zero-order chi connectivity index (χ0) is 21.9. The Hall–Kier alpha value is -3.38. The predicted molar refractivity (Wildman–Crippen MR) is 125 cm³/mol. The van der Waals surface area contributed by atoms with Crippen molar-refractivity contribution < 1.29 is 9.47 Å². The number of imidazole rings is 1. The molecular formula is C26H28N4O2. The fourth-order valence-electron chi connectivity index (χ4n) is 4.49. The average molecular weight is 429 g/mol. The van der Waals surface area contributed by atoms with Crippen LogP contribution in [-0.4, -0.2) is 40.2 Å². The van der Waals surface area contributed by atoms with E-state index in [0.717, 1.165) is 61.4 Å². The summed E-state index contributed by atoms with van der Waals surface area (Å²) >= 11 is 0. The summed E-state index contributed by atoms with van der Waals surface area (Å²) in [6, 6.07) is 16.7. The van der Waals surface area contributed by atoms with Crippen LogP contribution in [0.3, 0.4) is 0 Å². The molecule has 0 amide bonds. The number of nitrogens with zero attached hydrogens (tertiary/aromatic N) is 4. The molecule has 1 aliphatic rings. The maximum absolute atomic E-state index is 5.57. The highest BCUT2D eigenvalue weighted by atomic mass is 16.5. The molecular weight excluding hydrogens is 400 g/mol. The quantitative estimate of drug-likeness (QED) is 0.441. The maximum Gasteiger partial charge on any atom is 0.131 e. The fraction of sp³-hybridized carbons (Fsp3) is 0.308. The zero-order valence-corrected chi connectivity index (χ0v) is 18.6. The Kier molecular flexibility index (Phi) is 5.77. The highest BCUT2D eigenvalue weighted by molar-refractivity contribution is 5.87. The minimum Gasteiger partial charge on any atom is -0.497 e. The van der Waals surface area contributed by atoms with Crippen molar-refractivity contribution in [3.63, 3.8) is 0 Å². The lowest BCUT2D eigenvalue weighted by atomic mass is 10.1. The second-order valence-corrected chi connectivity index (χ2v) is 8.27. The molecule has 0 N–H and O–H groups in total. The standard InChI is InChI=1S/C26H28N4O2/c1-31-21-13-23-22(26(14-21)32-2)12-20(15-27-23)16-29-10-9-25-24(17-29)28-18-30(25)11-8-19-6-4-3-5-7-19/h3-7,12-15,18H,8-11,16-17H2,1-2H3. The zero-order valence-electron chi connectivity index (χ0n) is 18.6. The van der Waals surface area contributed by atoms with E-state index in [0.29, 0.717) is 0 Å². The Morgan fingerprint density at radius 3 is 2.66 bits per heavy atom. The Balaban J connectivity index is 1.28. The first kappa shape index (κ1) is 20.5. The molecule has 0 spiro atoms. The Labute approximate surface area is 188 Å². The number of fused-ring (bicyclic) bond motifs is 2. The SMILES string of the molecule is COc1cc(OC)c2cc(CN3CCc4c(ncn4CCc4ccccc4)C3)cnc2c1. The number of hydrogen-bond acceptors (Lipinski definition) is 5. The van der Waals surface area contributed by atoms with Gasteiger partial charge in [-0.1, -0.05) is 30.3 Å². The number of rotatable bonds is 7. The van der Waals surface area contributed by atoms with E-state index in [1.807, 2.05) is 24.7 Å². The van der Waals surface area contributed by atoms with Crippen LogP contribution in [0.4, 0.5) is 0 Å². The van der Waals surface area contributed by atoms with E-state index in [9.17, 15) is 0 Å². The summed E-state index contributed by atoms with van der Waals surface area (Å²) in [6.45, 7) is 3.70. The van der Waals surface area contributed by atoms with E-state index < -0.39 is 0 Å². The van der Waals surface area contributed by atoms with Gasteiger partial charge in [0.05, 0.1) is 31.8 Å². The van der Waals surface area contributed by atoms with Crippen molar-refractivity contribution in [2.75, 3.05) is 20.8 Å². The molecule has 164 valence electrons. The molecule has 0 bridgehead atoms. The van der Waals surface area contributed by atoms with Gasteiger partial charge in [-0.3, -0.25) is 9.88 Å². The van der Waals surface area contributed by atoms with Gasteiger partial charge in [-0.25, -0.2) is 4.98 Å². The summed E-state index contributed by atoms with van der Waals surface area (Å²) in [5, 5.41) is 1.01. The third kappa shape index (κ3) is 4.18. The third-order valence-corrected chi connectivity index (χ3v) is 6.21. The molecule has 0 atom stereocenters. The number of benzene rings is 2. The lowest BCUT2D eigenvalue weighted by molar-refractivity contribution is 0.239. The van der Waals surface area contributed by atoms with Crippen molar-refractivity contribution in [2.24, 2.45) is 0 Å². The van der Waals surface area contributed by atoms with Crippen molar-refractivity contribution in [2.45, 2.75) is 32.5 Å². The van der Waals surface area contributed by atoms with Crippen LogP contribution in [0, 0.1) is 0 Å². The van der Waals surface area contributed by atoms with E-state index in [1.165, 1.54) is 22.5 Å². The number of aromatic nitrogens is 3. The van der Waals surface area contributed by atoms with Crippen LogP contribution in [0.15, 0.2) is 61.1 Å². The molecule has 5 rings (SSSR count). The van der Waals surface area contributed by atoms with Crippen molar-refractivity contribution in [3.8, 4) is 11.5 Å². The summed E-state index contributed by atoms with van der Waals surface area (Å²) in [5.74, 6) is 1.54. The minimum atomic E-state index is 0.751. The van der Waals surface area contributed by atoms with Crippen molar-refractivity contribution in [3.05, 3.63) is 83.6 Å². The average Bonchev–Trinajstić information content (AvgIpc) is 3.25. The smallest absolute Gasteiger partial charge is 0.131 e. The number of aryl methyl sites for hydroxylation is 2. The Morgan fingerprint density at radius 2 is 1.84 bits per heavy atom. The topological polar surface area (TPSA) is 52.4 Å². The van der Waals surface area contributed by atoms with Crippen molar-refractivity contribution in [1.29, 1.82) is 0 Å². The van der Waals surface area contributed by atoms with Gasteiger partial charge in [0, 0.05) is 62.0 Å². The van der Waals surface area contributed by atoms with Crippen LogP contribution in [0.5, 0.6) is 11.5 Å². The molecule has 6 nitrogen and oxygen atoms in total. The van der Waals surface area contributed by atoms with Gasteiger partial charge in [0.15, 0.2) is 0 Å². The maximum atomic E-state index is 5.57. The molecule has 4 aromatic rings. The van der Waals surface area contributed by atoms with Crippen LogP contribution in [0.1, 0.15) is 22.5 Å². The second-order valence-electron chi connectivity index (χ2n) is 8.27. The monoisotopic (exact) mass is 428 g/mol. The first-order valence-corrected chi connectivity index (χ1v) is 11.0. The Morgan fingerprint density at radius 1 is 0.969 bits per heavy atom. The Bertz CT molecular complexity index is 1220. The van der Waals surface area contributed by atoms with E-state index in [4.69, 9.17) is 14.5 Å². The normalized spacial score (nSPS) is 13.8. The first-order valence-electron chi connectivity index (χ1n) is 11.0. The molecule has 0 radical (unpaired) electrons. The number of pyridine rings is 1. The largest absolute Gasteiger partial charge is 0.497 e. The fourth-order valence-corrected chi connectivity index (χ4v) is 4.49. The molecule has 32 heavy (non-hydrogen) atoms. The molecule has 6 heteroatoms. The summed E-state index contributed by atoms with van der Waals surface area (Å²) in [5.41, 5.74) is 5.99. The molecule has 0 saturated carbocycles. The van der Waals surface area contributed by atoms with E-state index >= 15 is 0 Å². The van der Waals surface area contributed by atoms with Gasteiger partial charge in [-0.15, -0.1) is 0 Å². The van der Waals surface area contributed by atoms with Gasteiger partial charge in [-0.2, -0.15) is 0 Å². The molecule has 0 unspecified atom stereocenters. The molecule has 3 heterocycles. The molecule has 0 fully saturated rings. The molecule has 2 aromatic carbocycles. The highest BCUT2D eigenvalue weighted by Crippen LogP contribution is 2.31. The summed E-state index contributed by atoms with van der Waals surface area (Å²) in [4.78, 5) is 11.8. The highest BCUT2D eigenvalue weighted by Gasteiger charge is 2.21. The van der Waals surface area contributed by atoms with Crippen LogP contribution in [-0.2, 0) is 32.5 Å². The van der Waals surface area contributed by atoms with E-state index in [2.05, 4.69) is 50.8 Å². The lowest BCUT2D eigenvalue weighted by Crippen LogP contribution is -2.31. The lowest BCUT2D eigenvalue weighted by Gasteiger charge is -2.27. The van der Waals surface area contributed by atoms with Gasteiger partial charge >= 0.3 is 0 Å². The second kappa shape index (κ2) is 9.01. The number of hydrogen-bond donors (Lipinski definition) is 0.